The van der Waals surface area contributed by atoms with E-state index >= 15 is 0 Å². The standard InChI is InChI=1S/C20H17Cl2N3O/c1-12(2)19-23-24-20(26-19)18-9-13-5-3-4-6-17(13)25(18)11-14-7-8-15(21)10-16(14)22/h3-10,12H,11H2,1-2H3. The molecule has 6 heteroatoms. The van der Waals surface area contributed by atoms with Gasteiger partial charge < -0.3 is 8.98 Å². The van der Waals surface area contributed by atoms with Gasteiger partial charge in [-0.3, -0.25) is 0 Å². The summed E-state index contributed by atoms with van der Waals surface area (Å²) in [5.41, 5.74) is 2.93. The molecule has 0 atom stereocenters. The van der Waals surface area contributed by atoms with E-state index in [-0.39, 0.29) is 5.92 Å². The normalized spacial score (nSPS) is 11.6. The van der Waals surface area contributed by atoms with Crippen LogP contribution < -0.4 is 0 Å². The molecular weight excluding hydrogens is 369 g/mol. The van der Waals surface area contributed by atoms with Gasteiger partial charge in [-0.25, -0.2) is 0 Å². The Morgan fingerprint density at radius 2 is 1.85 bits per heavy atom. The Kier molecular flexibility index (Phi) is 4.47. The van der Waals surface area contributed by atoms with Gasteiger partial charge in [0.1, 0.15) is 5.69 Å². The molecule has 0 saturated heterocycles. The molecular formula is C20H17Cl2N3O. The molecule has 0 unspecified atom stereocenters. The molecule has 0 fully saturated rings. The highest BCUT2D eigenvalue weighted by atomic mass is 35.5. The molecule has 0 N–H and O–H groups in total. The van der Waals surface area contributed by atoms with E-state index in [2.05, 4.69) is 33.0 Å². The van der Waals surface area contributed by atoms with Crippen molar-refractivity contribution in [2.75, 3.05) is 0 Å². The molecule has 4 aromatic rings. The number of nitrogens with zero attached hydrogens (tertiary/aromatic N) is 3. The Morgan fingerprint density at radius 1 is 1.04 bits per heavy atom. The molecule has 132 valence electrons. The van der Waals surface area contributed by atoms with Crippen molar-refractivity contribution in [1.82, 2.24) is 14.8 Å². The van der Waals surface area contributed by atoms with Crippen molar-refractivity contribution < 1.29 is 4.42 Å². The van der Waals surface area contributed by atoms with Crippen molar-refractivity contribution in [3.63, 3.8) is 0 Å². The van der Waals surface area contributed by atoms with Crippen LogP contribution in [0.2, 0.25) is 10.0 Å². The summed E-state index contributed by atoms with van der Waals surface area (Å²) in [6.45, 7) is 4.64. The van der Waals surface area contributed by atoms with Crippen LogP contribution in [-0.4, -0.2) is 14.8 Å². The fourth-order valence-electron chi connectivity index (χ4n) is 2.95. The monoisotopic (exact) mass is 385 g/mol. The molecule has 0 spiro atoms. The minimum Gasteiger partial charge on any atom is -0.419 e. The topological polar surface area (TPSA) is 43.9 Å². The van der Waals surface area contributed by atoms with E-state index in [0.29, 0.717) is 28.4 Å². The number of hydrogen-bond acceptors (Lipinski definition) is 3. The highest BCUT2D eigenvalue weighted by Gasteiger charge is 2.18. The van der Waals surface area contributed by atoms with E-state index in [4.69, 9.17) is 27.6 Å². The van der Waals surface area contributed by atoms with Gasteiger partial charge in [-0.05, 0) is 29.8 Å². The summed E-state index contributed by atoms with van der Waals surface area (Å²) in [5.74, 6) is 1.32. The van der Waals surface area contributed by atoms with Crippen LogP contribution in [0.25, 0.3) is 22.5 Å². The summed E-state index contributed by atoms with van der Waals surface area (Å²) < 4.78 is 8.03. The second-order valence-corrected chi connectivity index (χ2v) is 7.35. The maximum atomic E-state index is 6.39. The third-order valence-electron chi connectivity index (χ3n) is 4.31. The molecule has 0 aliphatic rings. The number of hydrogen-bond donors (Lipinski definition) is 0. The number of rotatable bonds is 4. The largest absolute Gasteiger partial charge is 0.419 e. The van der Waals surface area contributed by atoms with E-state index in [1.54, 1.807) is 6.07 Å². The Balaban J connectivity index is 1.86. The van der Waals surface area contributed by atoms with Crippen molar-refractivity contribution in [2.24, 2.45) is 0 Å². The van der Waals surface area contributed by atoms with Crippen molar-refractivity contribution >= 4 is 34.1 Å². The minimum absolute atomic E-state index is 0.180. The zero-order chi connectivity index (χ0) is 18.3. The molecule has 4 rings (SSSR count). The third-order valence-corrected chi connectivity index (χ3v) is 4.89. The van der Waals surface area contributed by atoms with Gasteiger partial charge in [0.2, 0.25) is 5.89 Å². The molecule has 2 aromatic heterocycles. The average Bonchev–Trinajstić information content (AvgIpc) is 3.22. The Hall–Kier alpha value is -2.30. The van der Waals surface area contributed by atoms with Crippen LogP contribution in [0.15, 0.2) is 52.9 Å². The van der Waals surface area contributed by atoms with Gasteiger partial charge >= 0.3 is 0 Å². The van der Waals surface area contributed by atoms with E-state index in [1.165, 1.54) is 0 Å². The second-order valence-electron chi connectivity index (χ2n) is 6.51. The fourth-order valence-corrected chi connectivity index (χ4v) is 3.42. The fraction of sp³-hybridized carbons (Fsp3) is 0.200. The van der Waals surface area contributed by atoms with Crippen molar-refractivity contribution in [1.29, 1.82) is 0 Å². The quantitative estimate of drug-likeness (QED) is 0.421. The minimum atomic E-state index is 0.180. The van der Waals surface area contributed by atoms with Gasteiger partial charge in [0.15, 0.2) is 0 Å². The van der Waals surface area contributed by atoms with Crippen LogP contribution in [0.4, 0.5) is 0 Å². The molecule has 2 heterocycles. The third kappa shape index (κ3) is 3.11. The lowest BCUT2D eigenvalue weighted by Gasteiger charge is -2.11. The second kappa shape index (κ2) is 6.78. The SMILES string of the molecule is CC(C)c1nnc(-c2cc3ccccc3n2Cc2ccc(Cl)cc2Cl)o1. The molecule has 0 saturated carbocycles. The van der Waals surface area contributed by atoms with Gasteiger partial charge in [-0.15, -0.1) is 10.2 Å². The molecule has 0 radical (unpaired) electrons. The van der Waals surface area contributed by atoms with Crippen LogP contribution in [0.5, 0.6) is 0 Å². The lowest BCUT2D eigenvalue weighted by molar-refractivity contribution is 0.478. The molecule has 0 aliphatic heterocycles. The summed E-state index contributed by atoms with van der Waals surface area (Å²) in [5, 5.41) is 10.8. The average molecular weight is 386 g/mol. The highest BCUT2D eigenvalue weighted by Crippen LogP contribution is 2.31. The maximum Gasteiger partial charge on any atom is 0.264 e. The Labute approximate surface area is 161 Å². The van der Waals surface area contributed by atoms with Gasteiger partial charge in [-0.2, -0.15) is 0 Å². The number of para-hydroxylation sites is 1. The van der Waals surface area contributed by atoms with Crippen molar-refractivity contribution in [3.8, 4) is 11.6 Å². The highest BCUT2D eigenvalue weighted by molar-refractivity contribution is 6.35. The van der Waals surface area contributed by atoms with Crippen LogP contribution in [0, 0.1) is 0 Å². The number of halogens is 2. The molecule has 0 aliphatic carbocycles. The van der Waals surface area contributed by atoms with Crippen molar-refractivity contribution in [3.05, 3.63) is 70.0 Å². The lowest BCUT2D eigenvalue weighted by atomic mass is 10.2. The summed E-state index contributed by atoms with van der Waals surface area (Å²) in [7, 11) is 0. The maximum absolute atomic E-state index is 6.39. The first-order valence-electron chi connectivity index (χ1n) is 8.39. The summed E-state index contributed by atoms with van der Waals surface area (Å²) in [6, 6.07) is 15.8. The summed E-state index contributed by atoms with van der Waals surface area (Å²) in [6.07, 6.45) is 0. The van der Waals surface area contributed by atoms with E-state index in [0.717, 1.165) is 22.2 Å². The smallest absolute Gasteiger partial charge is 0.264 e. The van der Waals surface area contributed by atoms with Gasteiger partial charge in [0.05, 0.1) is 0 Å². The van der Waals surface area contributed by atoms with Gasteiger partial charge in [0, 0.05) is 33.4 Å². The van der Waals surface area contributed by atoms with Gasteiger partial charge in [0.25, 0.3) is 5.89 Å². The number of aromatic nitrogens is 3. The summed E-state index contributed by atoms with van der Waals surface area (Å²) >= 11 is 12.4. The first kappa shape index (κ1) is 17.1. The van der Waals surface area contributed by atoms with Gasteiger partial charge in [-0.1, -0.05) is 61.3 Å². The van der Waals surface area contributed by atoms with Crippen LogP contribution in [0.1, 0.15) is 31.2 Å². The van der Waals surface area contributed by atoms with E-state index in [1.807, 2.05) is 38.1 Å². The molecule has 0 bridgehead atoms. The first-order valence-corrected chi connectivity index (χ1v) is 9.14. The predicted octanol–water partition coefficient (Wildman–Crippen LogP) is 6.17. The number of fused-ring (bicyclic) bond motifs is 1. The zero-order valence-corrected chi connectivity index (χ0v) is 15.9. The number of benzene rings is 2. The predicted molar refractivity (Wildman–Crippen MR) is 105 cm³/mol. The summed E-state index contributed by atoms with van der Waals surface area (Å²) in [4.78, 5) is 0. The van der Waals surface area contributed by atoms with Crippen LogP contribution in [0.3, 0.4) is 0 Å². The molecule has 4 nitrogen and oxygen atoms in total. The van der Waals surface area contributed by atoms with Crippen LogP contribution in [-0.2, 0) is 6.54 Å². The van der Waals surface area contributed by atoms with E-state index < -0.39 is 0 Å². The zero-order valence-electron chi connectivity index (χ0n) is 14.4. The molecule has 0 amide bonds. The first-order chi connectivity index (χ1) is 12.5. The molecule has 26 heavy (non-hydrogen) atoms. The van der Waals surface area contributed by atoms with Crippen molar-refractivity contribution in [2.45, 2.75) is 26.3 Å². The Bertz CT molecular complexity index is 1080. The molecule has 2 aromatic carbocycles. The Morgan fingerprint density at radius 3 is 2.58 bits per heavy atom. The van der Waals surface area contributed by atoms with E-state index in [9.17, 15) is 0 Å². The van der Waals surface area contributed by atoms with Crippen LogP contribution >= 0.6 is 23.2 Å². The lowest BCUT2D eigenvalue weighted by Crippen LogP contribution is -2.02.